The van der Waals surface area contributed by atoms with Crippen molar-refractivity contribution in [1.82, 2.24) is 10.1 Å². The summed E-state index contributed by atoms with van der Waals surface area (Å²) in [6.45, 7) is 3.95. The summed E-state index contributed by atoms with van der Waals surface area (Å²) in [5.41, 5.74) is 10.9. The summed E-state index contributed by atoms with van der Waals surface area (Å²) in [6.07, 6.45) is 0. The molecule has 0 aliphatic rings. The summed E-state index contributed by atoms with van der Waals surface area (Å²) >= 11 is 0. The van der Waals surface area contributed by atoms with E-state index < -0.39 is 0 Å². The van der Waals surface area contributed by atoms with Crippen molar-refractivity contribution >= 4 is 5.95 Å². The molecule has 5 nitrogen and oxygen atoms in total. The lowest BCUT2D eigenvalue weighted by Gasteiger charge is -2.08. The number of nitrogen functional groups attached to an aromatic ring is 1. The van der Waals surface area contributed by atoms with Crippen LogP contribution in [-0.4, -0.2) is 10.1 Å². The van der Waals surface area contributed by atoms with Gasteiger partial charge in [-0.15, -0.1) is 0 Å². The molecule has 0 aliphatic carbocycles. The average Bonchev–Trinajstić information content (AvgIpc) is 2.34. The molecule has 1 heterocycles. The highest BCUT2D eigenvalue weighted by molar-refractivity contribution is 5.11. The molecule has 5 heteroatoms. The minimum Gasteiger partial charge on any atom is -0.365 e. The fourth-order valence-electron chi connectivity index (χ4n) is 0.668. The zero-order valence-electron chi connectivity index (χ0n) is 6.61. The first-order valence-electron chi connectivity index (χ1n) is 3.46. The van der Waals surface area contributed by atoms with Crippen LogP contribution in [0.3, 0.4) is 0 Å². The summed E-state index contributed by atoms with van der Waals surface area (Å²) in [5.74, 6) is 0.809. The van der Waals surface area contributed by atoms with Gasteiger partial charge in [0.15, 0.2) is 0 Å². The first-order chi connectivity index (χ1) is 5.11. The van der Waals surface area contributed by atoms with Crippen molar-refractivity contribution in [2.24, 2.45) is 11.7 Å². The van der Waals surface area contributed by atoms with Gasteiger partial charge in [0.1, 0.15) is 0 Å². The molecule has 11 heavy (non-hydrogen) atoms. The molecule has 1 rings (SSSR count). The van der Waals surface area contributed by atoms with Crippen molar-refractivity contribution < 1.29 is 4.52 Å². The van der Waals surface area contributed by atoms with Crippen LogP contribution in [0.25, 0.3) is 0 Å². The van der Waals surface area contributed by atoms with Crippen LogP contribution in [0.15, 0.2) is 4.52 Å². The summed E-state index contributed by atoms with van der Waals surface area (Å²) in [5, 5.41) is 3.43. The number of hydrogen-bond donors (Lipinski definition) is 2. The Hall–Kier alpha value is -1.10. The maximum Gasteiger partial charge on any atom is 0.260 e. The molecule has 1 atom stereocenters. The third-order valence-electron chi connectivity index (χ3n) is 1.46. The van der Waals surface area contributed by atoms with Crippen LogP contribution in [0.4, 0.5) is 5.95 Å². The predicted molar refractivity (Wildman–Crippen MR) is 40.5 cm³/mol. The van der Waals surface area contributed by atoms with Crippen molar-refractivity contribution in [1.29, 1.82) is 0 Å². The van der Waals surface area contributed by atoms with Crippen molar-refractivity contribution in [3.8, 4) is 0 Å². The molecule has 0 fully saturated rings. The van der Waals surface area contributed by atoms with E-state index in [1.165, 1.54) is 0 Å². The van der Waals surface area contributed by atoms with E-state index in [4.69, 9.17) is 16.0 Å². The third kappa shape index (κ3) is 1.68. The number of nitrogens with zero attached hydrogens (tertiary/aromatic N) is 2. The highest BCUT2D eigenvalue weighted by atomic mass is 16.5. The number of aromatic nitrogens is 2. The first kappa shape index (κ1) is 8.00. The van der Waals surface area contributed by atoms with E-state index in [0.29, 0.717) is 5.89 Å². The van der Waals surface area contributed by atoms with E-state index >= 15 is 0 Å². The number of nitrogens with two attached hydrogens (primary N) is 2. The zero-order valence-corrected chi connectivity index (χ0v) is 6.61. The van der Waals surface area contributed by atoms with E-state index in [0.717, 1.165) is 0 Å². The van der Waals surface area contributed by atoms with Crippen molar-refractivity contribution in [2.45, 2.75) is 19.9 Å². The number of hydrogen-bond acceptors (Lipinski definition) is 5. The lowest BCUT2D eigenvalue weighted by molar-refractivity contribution is 0.325. The Kier molecular flexibility index (Phi) is 2.09. The largest absolute Gasteiger partial charge is 0.365 e. The van der Waals surface area contributed by atoms with Crippen LogP contribution in [0, 0.1) is 5.92 Å². The molecule has 0 aliphatic heterocycles. The molecule has 0 saturated heterocycles. The maximum absolute atomic E-state index is 5.70. The van der Waals surface area contributed by atoms with Gasteiger partial charge in [0.2, 0.25) is 5.89 Å². The molecule has 0 aromatic carbocycles. The first-order valence-corrected chi connectivity index (χ1v) is 3.46. The highest BCUT2D eigenvalue weighted by Crippen LogP contribution is 2.16. The Morgan fingerprint density at radius 1 is 1.45 bits per heavy atom. The summed E-state index contributed by atoms with van der Waals surface area (Å²) in [6, 6.07) is -0.222. The fourth-order valence-corrected chi connectivity index (χ4v) is 0.668. The highest BCUT2D eigenvalue weighted by Gasteiger charge is 2.16. The normalized spacial score (nSPS) is 13.8. The summed E-state index contributed by atoms with van der Waals surface area (Å²) in [7, 11) is 0. The Balaban J connectivity index is 2.76. The minimum atomic E-state index is -0.222. The van der Waals surface area contributed by atoms with Crippen LogP contribution in [0.2, 0.25) is 0 Å². The summed E-state index contributed by atoms with van der Waals surface area (Å²) in [4.78, 5) is 3.81. The Bertz CT molecular complexity index is 232. The van der Waals surface area contributed by atoms with Crippen LogP contribution >= 0.6 is 0 Å². The second-order valence-corrected chi connectivity index (χ2v) is 2.76. The van der Waals surface area contributed by atoms with Gasteiger partial charge in [-0.1, -0.05) is 13.8 Å². The molecule has 0 radical (unpaired) electrons. The van der Waals surface area contributed by atoms with Gasteiger partial charge in [0.25, 0.3) is 5.95 Å². The zero-order chi connectivity index (χ0) is 8.43. The molecule has 0 spiro atoms. The van der Waals surface area contributed by atoms with Gasteiger partial charge in [0.05, 0.1) is 6.04 Å². The van der Waals surface area contributed by atoms with Gasteiger partial charge < -0.3 is 16.0 Å². The lowest BCUT2D eigenvalue weighted by Crippen LogP contribution is -2.16. The van der Waals surface area contributed by atoms with Crippen LogP contribution in [-0.2, 0) is 0 Å². The topological polar surface area (TPSA) is 91.0 Å². The van der Waals surface area contributed by atoms with Crippen molar-refractivity contribution in [3.63, 3.8) is 0 Å². The second-order valence-electron chi connectivity index (χ2n) is 2.76. The molecule has 62 valence electrons. The van der Waals surface area contributed by atoms with E-state index in [-0.39, 0.29) is 17.9 Å². The van der Waals surface area contributed by atoms with Gasteiger partial charge in [-0.25, -0.2) is 0 Å². The molecular weight excluding hydrogens is 144 g/mol. The van der Waals surface area contributed by atoms with Crippen LogP contribution in [0.1, 0.15) is 25.8 Å². The third-order valence-corrected chi connectivity index (χ3v) is 1.46. The Morgan fingerprint density at radius 2 is 2.09 bits per heavy atom. The number of anilines is 1. The SMILES string of the molecule is CC(C)[C@@H](N)c1nc(N)no1. The van der Waals surface area contributed by atoms with Gasteiger partial charge >= 0.3 is 0 Å². The van der Waals surface area contributed by atoms with E-state index in [9.17, 15) is 0 Å². The minimum absolute atomic E-state index is 0.135. The monoisotopic (exact) mass is 156 g/mol. The van der Waals surface area contributed by atoms with Gasteiger partial charge in [-0.3, -0.25) is 0 Å². The van der Waals surface area contributed by atoms with E-state index in [2.05, 4.69) is 10.1 Å². The average molecular weight is 156 g/mol. The van der Waals surface area contributed by atoms with Crippen molar-refractivity contribution in [3.05, 3.63) is 5.89 Å². The van der Waals surface area contributed by atoms with Gasteiger partial charge in [0, 0.05) is 0 Å². The molecule has 1 aromatic rings. The van der Waals surface area contributed by atoms with Crippen molar-refractivity contribution in [2.75, 3.05) is 5.73 Å². The molecule has 1 aromatic heterocycles. The molecular formula is C6H12N4O. The van der Waals surface area contributed by atoms with Gasteiger partial charge in [-0.05, 0) is 11.1 Å². The van der Waals surface area contributed by atoms with Crippen LogP contribution in [0.5, 0.6) is 0 Å². The molecule has 0 unspecified atom stereocenters. The molecule has 0 saturated carbocycles. The Labute approximate surface area is 64.8 Å². The summed E-state index contributed by atoms with van der Waals surface area (Å²) < 4.78 is 4.78. The second kappa shape index (κ2) is 2.87. The van der Waals surface area contributed by atoms with E-state index in [1.54, 1.807) is 0 Å². The lowest BCUT2D eigenvalue weighted by atomic mass is 10.1. The van der Waals surface area contributed by atoms with Gasteiger partial charge in [-0.2, -0.15) is 4.98 Å². The molecule has 0 amide bonds. The smallest absolute Gasteiger partial charge is 0.260 e. The quantitative estimate of drug-likeness (QED) is 0.642. The molecule has 4 N–H and O–H groups in total. The Morgan fingerprint density at radius 3 is 2.45 bits per heavy atom. The maximum atomic E-state index is 5.70. The van der Waals surface area contributed by atoms with E-state index in [1.807, 2.05) is 13.8 Å². The van der Waals surface area contributed by atoms with Crippen LogP contribution < -0.4 is 11.5 Å². The number of rotatable bonds is 2. The fraction of sp³-hybridized carbons (Fsp3) is 0.667. The predicted octanol–water partition coefficient (Wildman–Crippen LogP) is 0.308. The standard InChI is InChI=1S/C6H12N4O/c1-3(2)4(7)5-9-6(8)10-11-5/h3-4H,7H2,1-2H3,(H2,8,10)/t4-/m1/s1. The molecule has 0 bridgehead atoms.